The average Bonchev–Trinajstić information content (AvgIpc) is 0.810. The van der Waals surface area contributed by atoms with Crippen LogP contribution in [-0.4, -0.2) is 184 Å². The Morgan fingerprint density at radius 1 is 0.473 bits per heavy atom. The van der Waals surface area contributed by atoms with Crippen molar-refractivity contribution in [3.8, 4) is 40.2 Å². The van der Waals surface area contributed by atoms with Gasteiger partial charge in [-0.25, -0.2) is 57.4 Å². The van der Waals surface area contributed by atoms with Crippen molar-refractivity contribution in [1.29, 1.82) is 0 Å². The van der Waals surface area contributed by atoms with E-state index < -0.39 is 23.3 Å². The van der Waals surface area contributed by atoms with Crippen molar-refractivity contribution in [1.82, 2.24) is 39.9 Å². The Hall–Kier alpha value is -6.35. The number of rotatable bonds is 21. The number of carbonyl (C=O) groups excluding carboxylic acids is 1. The number of nitrogens with zero attached hydrogens (tertiary/aromatic N) is 8. The number of carbonyl (C=O) groups is 1. The Morgan fingerprint density at radius 2 is 0.827 bits per heavy atom. The molecular weight excluding hydrogens is 1620 g/mol. The van der Waals surface area contributed by atoms with Gasteiger partial charge in [-0.2, -0.15) is 0 Å². The zero-order valence-corrected chi connectivity index (χ0v) is 74.3. The number of ether oxygens (including phenoxy) is 6. The van der Waals surface area contributed by atoms with Crippen molar-refractivity contribution >= 4 is 216 Å². The first-order chi connectivity index (χ1) is 51.8. The summed E-state index contributed by atoms with van der Waals surface area (Å²) in [4.78, 5) is 44.7. The van der Waals surface area contributed by atoms with Gasteiger partial charge in [0.25, 0.3) is 6.47 Å². The molecule has 0 aliphatic carbocycles. The number of anilines is 7. The molecule has 0 amide bonds. The van der Waals surface area contributed by atoms with E-state index in [2.05, 4.69) is 101 Å². The van der Waals surface area contributed by atoms with E-state index in [1.165, 1.54) is 112 Å². The fraction of sp³-hybridized carbons (Fsp3) is 0.240. The molecule has 0 bridgehead atoms. The first-order valence-electron chi connectivity index (χ1n) is 32.5. The minimum atomic E-state index is -0.498. The van der Waals surface area contributed by atoms with Gasteiger partial charge in [0, 0.05) is 114 Å². The molecule has 0 unspecified atom stereocenters. The van der Waals surface area contributed by atoms with Crippen molar-refractivity contribution < 1.29 is 117 Å². The number of nitrogen functional groups attached to an aromatic ring is 1. The quantitative estimate of drug-likeness (QED) is 0.00514. The third kappa shape index (κ3) is 29.9. The zero-order chi connectivity index (χ0) is 79.0. The third-order valence-electron chi connectivity index (χ3n) is 14.9. The van der Waals surface area contributed by atoms with Gasteiger partial charge in [0.05, 0.1) is 84.3 Å². The van der Waals surface area contributed by atoms with Crippen molar-refractivity contribution in [2.45, 2.75) is 39.5 Å². The summed E-state index contributed by atoms with van der Waals surface area (Å²) in [6.45, 7) is 13.9. The van der Waals surface area contributed by atoms with E-state index in [1.54, 1.807) is 64.8 Å². The van der Waals surface area contributed by atoms with Crippen LogP contribution in [0, 0.1) is 23.3 Å². The molecule has 35 heteroatoms. The topological polar surface area (TPSA) is 290 Å². The van der Waals surface area contributed by atoms with Crippen molar-refractivity contribution in [3.05, 3.63) is 201 Å². The van der Waals surface area contributed by atoms with Crippen LogP contribution in [0.1, 0.15) is 38.7 Å². The molecule has 0 spiro atoms. The number of aromatic hydroxyl groups is 1. The van der Waals surface area contributed by atoms with E-state index in [-0.39, 0.29) is 143 Å². The fourth-order valence-electron chi connectivity index (χ4n) is 9.50. The normalized spacial score (nSPS) is 10.2. The van der Waals surface area contributed by atoms with Gasteiger partial charge in [0.1, 0.15) is 76.9 Å². The van der Waals surface area contributed by atoms with Gasteiger partial charge in [0.15, 0.2) is 34.5 Å². The Kier molecular flexibility index (Phi) is 43.6. The largest absolute Gasteiger partial charge is 1.00 e. The Labute approximate surface area is 747 Å². The predicted molar refractivity (Wildman–Crippen MR) is 432 cm³/mol. The molecule has 4 heterocycles. The number of hydrogen-bond acceptors (Lipinski definition) is 22. The SMILES string of the molecule is CCCCP(C)C.CCc1cc2ncnc(Cl)c2cc1OC.COc1cc2ncnc(Nc3ccc(F)c(Cl)c3)c2cc1O.COc1cc2ncnc(Nc3ccc(F)c(Cl)c3)c2cc1OC.COc1cc2ncnc(Nc3ccc(F)c(Cl)c3)c2cc1OCCCP(C)C.Nc1ccc(F)c(Cl)c1.O=CO[O-].[K+].[K]. The molecule has 0 saturated carbocycles. The summed E-state index contributed by atoms with van der Waals surface area (Å²) in [7, 11) is 8.29. The van der Waals surface area contributed by atoms with Crippen molar-refractivity contribution in [2.24, 2.45) is 0 Å². The number of nitrogens with two attached hydrogens (primary N) is 1. The molecule has 0 aliphatic rings. The summed E-state index contributed by atoms with van der Waals surface area (Å²) in [5, 5.41) is 31.2. The van der Waals surface area contributed by atoms with Crippen LogP contribution in [-0.2, 0) is 16.1 Å². The van der Waals surface area contributed by atoms with Crippen LogP contribution in [0.25, 0.3) is 43.6 Å². The summed E-state index contributed by atoms with van der Waals surface area (Å²) in [5.74, 6) is 3.25. The monoisotopic (exact) mass is 1700 g/mol. The maximum atomic E-state index is 13.4. The van der Waals surface area contributed by atoms with Crippen LogP contribution < -0.4 is 107 Å². The van der Waals surface area contributed by atoms with E-state index in [0.717, 1.165) is 52.0 Å². The molecule has 1 radical (unpaired) electrons. The Balaban J connectivity index is 0.000000287. The van der Waals surface area contributed by atoms with Crippen molar-refractivity contribution in [3.63, 3.8) is 0 Å². The molecule has 6 N–H and O–H groups in total. The number of aryl methyl sites for hydroxylation is 1. The summed E-state index contributed by atoms with van der Waals surface area (Å²) in [5.41, 5.74) is 11.5. The van der Waals surface area contributed by atoms with Gasteiger partial charge in [-0.1, -0.05) is 78.3 Å². The fourth-order valence-corrected chi connectivity index (χ4v) is 12.1. The van der Waals surface area contributed by atoms with Crippen LogP contribution in [0.4, 0.5) is 57.8 Å². The molecule has 4 aromatic heterocycles. The molecule has 573 valence electrons. The molecule has 110 heavy (non-hydrogen) atoms. The first-order valence-corrected chi connectivity index (χ1v) is 39.3. The third-order valence-corrected chi connectivity index (χ3v) is 18.7. The maximum absolute atomic E-state index is 13.4. The van der Waals surface area contributed by atoms with E-state index in [9.17, 15) is 22.7 Å². The number of halogens is 9. The summed E-state index contributed by atoms with van der Waals surface area (Å²) in [6.07, 6.45) is 13.0. The number of unbranched alkanes of at least 4 members (excludes halogenated alkanes) is 1. The number of methoxy groups -OCH3 is 5. The summed E-state index contributed by atoms with van der Waals surface area (Å²) in [6, 6.07) is 31.3. The second-order valence-electron chi connectivity index (χ2n) is 22.9. The molecule has 0 aliphatic heterocycles. The number of phenols is 1. The van der Waals surface area contributed by atoms with E-state index in [4.69, 9.17) is 102 Å². The van der Waals surface area contributed by atoms with Gasteiger partial charge < -0.3 is 65.4 Å². The molecule has 8 aromatic carbocycles. The molecule has 12 aromatic rings. The second kappa shape index (κ2) is 50.0. The van der Waals surface area contributed by atoms with Crippen LogP contribution in [0.3, 0.4) is 0 Å². The molecule has 12 rings (SSSR count). The minimum absolute atomic E-state index is 0. The van der Waals surface area contributed by atoms with Crippen LogP contribution in [0.15, 0.2) is 147 Å². The summed E-state index contributed by atoms with van der Waals surface area (Å²) < 4.78 is 84.5. The molecule has 0 atom stereocenters. The number of nitrogens with one attached hydrogen (secondary N) is 3. The van der Waals surface area contributed by atoms with Crippen LogP contribution >= 0.6 is 73.8 Å². The summed E-state index contributed by atoms with van der Waals surface area (Å²) >= 11 is 28.8. The first kappa shape index (κ1) is 96.0. The standard InChI is InChI=1S/C20H22ClFN3O2P.C16H13ClFN3O2.C15H11ClFN3O2.C11H11ClN2O.C6H5ClFN.C6H15P.CH2O3.2K/c1-26-18-11-17-14(10-19(18)27-7-4-8-28(2)3)20(24-12-23-17)25-13-5-6-16(22)15(21)9-13;1-22-14-6-10-13(7-15(14)23-2)19-8-20-16(10)21-9-3-4-12(18)11(17)5-9;1-22-14-6-12-9(5-13(14)21)15(19-7-18-12)20-8-2-3-11(17)10(16)4-8;1-3-7-4-9-8(5-10(7)15-2)11(12)14-6-13-9;7-5-3-4(9)1-2-6(5)8;1-4-5-6-7(2)3;2-1-4-3;;/h5-6,9-12H,4,7-8H2,1-3H3,(H,23,24,25);3-8H,1-2H3,(H,19,20,21);2-7,21H,1H3,(H,18,19,20);4-6H,3H2,1-2H3;1-3H,9H2;4-6H2,1-3H3;1,3H;;/q;;;;;;;;+1/p-1. The Bertz CT molecular complexity index is 4960. The number of benzene rings is 8. The molecule has 22 nitrogen and oxygen atoms in total. The molecular formula is C75H78Cl5F4K2N12O10P2. The van der Waals surface area contributed by atoms with Gasteiger partial charge in [-0.3, -0.25) is 4.79 Å². The maximum Gasteiger partial charge on any atom is 1.00 e. The van der Waals surface area contributed by atoms with E-state index in [0.29, 0.717) is 111 Å². The number of aromatic nitrogens is 8. The predicted octanol–water partition coefficient (Wildman–Crippen LogP) is 16.2. The number of phenolic OH excluding ortho intramolecular Hbond substituents is 1. The van der Waals surface area contributed by atoms with E-state index in [1.807, 2.05) is 24.3 Å². The zero-order valence-electron chi connectivity index (χ0n) is 62.5. The average molecular weight is 1700 g/mol. The Morgan fingerprint density at radius 3 is 1.20 bits per heavy atom. The molecule has 0 fully saturated rings. The second-order valence-corrected chi connectivity index (χ2v) is 30.1. The number of hydrogen-bond donors (Lipinski definition) is 5. The van der Waals surface area contributed by atoms with Gasteiger partial charge in [0.2, 0.25) is 0 Å². The van der Waals surface area contributed by atoms with E-state index >= 15 is 0 Å². The minimum Gasteiger partial charge on any atom is -0.662 e. The van der Waals surface area contributed by atoms with Crippen molar-refractivity contribution in [2.75, 3.05) is 103 Å². The van der Waals surface area contributed by atoms with Gasteiger partial charge in [-0.05, 0) is 167 Å². The van der Waals surface area contributed by atoms with Gasteiger partial charge in [-0.15, -0.1) is 15.8 Å². The molecule has 0 saturated heterocycles. The van der Waals surface area contributed by atoms with Gasteiger partial charge >= 0.3 is 51.4 Å². The number of fused-ring (bicyclic) bond motifs is 4. The van der Waals surface area contributed by atoms with Crippen LogP contribution in [0.2, 0.25) is 25.2 Å². The smallest absolute Gasteiger partial charge is 0.662 e. The van der Waals surface area contributed by atoms with Crippen LogP contribution in [0.5, 0.6) is 40.2 Å².